The average molecular weight is 277 g/mol. The molecule has 0 atom stereocenters. The van der Waals surface area contributed by atoms with E-state index in [2.05, 4.69) is 5.32 Å². The molecule has 0 bridgehead atoms. The van der Waals surface area contributed by atoms with Crippen molar-refractivity contribution in [3.63, 3.8) is 0 Å². The smallest absolute Gasteiger partial charge is 0.305 e. The minimum Gasteiger partial charge on any atom is -0.481 e. The van der Waals surface area contributed by atoms with Gasteiger partial charge in [0, 0.05) is 12.1 Å². The fourth-order valence-electron chi connectivity index (χ4n) is 1.10. The lowest BCUT2D eigenvalue weighted by molar-refractivity contribution is -0.136. The Hall–Kier alpha value is -1.46. The Morgan fingerprint density at radius 3 is 2.29 bits per heavy atom. The molecule has 0 radical (unpaired) electrons. The number of carbonyl (C=O) groups is 2. The Labute approximate surface area is 108 Å². The van der Waals surface area contributed by atoms with Crippen molar-refractivity contribution in [1.29, 1.82) is 0 Å². The molecule has 5 nitrogen and oxygen atoms in total. The molecule has 1 aromatic carbocycles. The van der Waals surface area contributed by atoms with Gasteiger partial charge in [-0.3, -0.25) is 9.59 Å². The Morgan fingerprint density at radius 1 is 1.29 bits per heavy atom. The van der Waals surface area contributed by atoms with E-state index in [-0.39, 0.29) is 34.3 Å². The molecule has 7 heteroatoms. The molecule has 0 aliphatic heterocycles. The molecule has 0 spiro atoms. The molecule has 0 fully saturated rings. The number of rotatable bonds is 4. The van der Waals surface area contributed by atoms with Crippen LogP contribution in [-0.4, -0.2) is 23.5 Å². The van der Waals surface area contributed by atoms with Gasteiger partial charge in [-0.1, -0.05) is 23.2 Å². The second kappa shape index (κ2) is 5.75. The molecular formula is C10H10Cl2N2O3. The monoisotopic (exact) mass is 276 g/mol. The highest BCUT2D eigenvalue weighted by Crippen LogP contribution is 2.28. The highest BCUT2D eigenvalue weighted by Gasteiger charge is 2.11. The number of anilines is 1. The molecule has 0 saturated carbocycles. The Kier molecular flexibility index (Phi) is 4.60. The first-order valence-electron chi connectivity index (χ1n) is 4.66. The molecule has 1 aromatic rings. The summed E-state index contributed by atoms with van der Waals surface area (Å²) in [7, 11) is 0. The van der Waals surface area contributed by atoms with Gasteiger partial charge in [0.25, 0.3) is 5.91 Å². The topological polar surface area (TPSA) is 92.4 Å². The third-order valence-corrected chi connectivity index (χ3v) is 2.59. The Balaban J connectivity index is 2.73. The third-order valence-electron chi connectivity index (χ3n) is 1.97. The predicted octanol–water partition coefficient (Wildman–Crippen LogP) is 1.78. The van der Waals surface area contributed by atoms with Crippen LogP contribution in [0, 0.1) is 0 Å². The maximum atomic E-state index is 11.6. The van der Waals surface area contributed by atoms with Crippen LogP contribution in [0.4, 0.5) is 5.69 Å². The molecule has 1 rings (SSSR count). The fourth-order valence-corrected chi connectivity index (χ4v) is 1.59. The summed E-state index contributed by atoms with van der Waals surface area (Å²) in [6.07, 6.45) is -0.151. The molecule has 0 unspecified atom stereocenters. The van der Waals surface area contributed by atoms with Crippen LogP contribution in [-0.2, 0) is 4.79 Å². The summed E-state index contributed by atoms with van der Waals surface area (Å²) in [5.74, 6) is -1.44. The Bertz CT molecular complexity index is 440. The second-order valence-corrected chi connectivity index (χ2v) is 4.07. The lowest BCUT2D eigenvalue weighted by Crippen LogP contribution is -2.26. The van der Waals surface area contributed by atoms with Crippen LogP contribution in [0.25, 0.3) is 0 Å². The van der Waals surface area contributed by atoms with Crippen LogP contribution in [0.15, 0.2) is 12.1 Å². The van der Waals surface area contributed by atoms with Crippen molar-refractivity contribution in [2.75, 3.05) is 12.3 Å². The van der Waals surface area contributed by atoms with E-state index in [9.17, 15) is 9.59 Å². The van der Waals surface area contributed by atoms with Crippen LogP contribution in [0.5, 0.6) is 0 Å². The van der Waals surface area contributed by atoms with E-state index in [0.29, 0.717) is 0 Å². The lowest BCUT2D eigenvalue weighted by Gasteiger charge is -2.07. The highest BCUT2D eigenvalue weighted by atomic mass is 35.5. The number of halogens is 2. The van der Waals surface area contributed by atoms with Crippen molar-refractivity contribution >= 4 is 40.8 Å². The van der Waals surface area contributed by atoms with Crippen LogP contribution < -0.4 is 11.1 Å². The first-order valence-corrected chi connectivity index (χ1v) is 5.42. The van der Waals surface area contributed by atoms with Crippen molar-refractivity contribution in [3.8, 4) is 0 Å². The summed E-state index contributed by atoms with van der Waals surface area (Å²) >= 11 is 11.5. The predicted molar refractivity (Wildman–Crippen MR) is 65.5 cm³/mol. The summed E-state index contributed by atoms with van der Waals surface area (Å²) in [5.41, 5.74) is 5.96. The fraction of sp³-hybridized carbons (Fsp3) is 0.200. The number of hydrogen-bond donors (Lipinski definition) is 3. The molecular weight excluding hydrogens is 267 g/mol. The molecule has 0 aromatic heterocycles. The number of amides is 1. The van der Waals surface area contributed by atoms with Crippen molar-refractivity contribution in [2.24, 2.45) is 0 Å². The molecule has 92 valence electrons. The van der Waals surface area contributed by atoms with Crippen molar-refractivity contribution in [1.82, 2.24) is 5.32 Å². The largest absolute Gasteiger partial charge is 0.481 e. The zero-order valence-corrected chi connectivity index (χ0v) is 10.2. The first kappa shape index (κ1) is 13.6. The second-order valence-electron chi connectivity index (χ2n) is 3.25. The number of nitrogens with two attached hydrogens (primary N) is 1. The van der Waals surface area contributed by atoms with E-state index < -0.39 is 11.9 Å². The van der Waals surface area contributed by atoms with Crippen molar-refractivity contribution in [2.45, 2.75) is 6.42 Å². The van der Waals surface area contributed by atoms with Crippen LogP contribution in [0.1, 0.15) is 16.8 Å². The van der Waals surface area contributed by atoms with Gasteiger partial charge in [0.2, 0.25) is 0 Å². The normalized spacial score (nSPS) is 10.0. The van der Waals surface area contributed by atoms with Gasteiger partial charge in [-0.2, -0.15) is 0 Å². The number of nitrogens with one attached hydrogen (secondary N) is 1. The van der Waals surface area contributed by atoms with Gasteiger partial charge in [-0.15, -0.1) is 0 Å². The molecule has 17 heavy (non-hydrogen) atoms. The van der Waals surface area contributed by atoms with Gasteiger partial charge in [0.15, 0.2) is 0 Å². The number of nitrogen functional groups attached to an aromatic ring is 1. The SMILES string of the molecule is Nc1c(Cl)cc(C(=O)NCCC(=O)O)cc1Cl. The van der Waals surface area contributed by atoms with E-state index in [0.717, 1.165) is 0 Å². The zero-order chi connectivity index (χ0) is 13.0. The van der Waals surface area contributed by atoms with Crippen LogP contribution in [0.3, 0.4) is 0 Å². The summed E-state index contributed by atoms with van der Waals surface area (Å²) in [6.45, 7) is 0.0355. The van der Waals surface area contributed by atoms with E-state index >= 15 is 0 Å². The number of carboxylic acid groups (broad SMARTS) is 1. The number of aliphatic carboxylic acids is 1. The van der Waals surface area contributed by atoms with Gasteiger partial charge >= 0.3 is 5.97 Å². The molecule has 1 amide bonds. The van der Waals surface area contributed by atoms with Crippen LogP contribution in [0.2, 0.25) is 10.0 Å². The average Bonchev–Trinajstić information content (AvgIpc) is 2.24. The maximum absolute atomic E-state index is 11.6. The van der Waals surface area contributed by atoms with Gasteiger partial charge in [0.05, 0.1) is 22.2 Å². The molecule has 0 heterocycles. The summed E-state index contributed by atoms with van der Waals surface area (Å²) in [4.78, 5) is 21.8. The molecule has 0 saturated heterocycles. The minimum absolute atomic E-state index is 0.0355. The number of hydrogen-bond acceptors (Lipinski definition) is 3. The zero-order valence-electron chi connectivity index (χ0n) is 8.67. The lowest BCUT2D eigenvalue weighted by atomic mass is 10.2. The summed E-state index contributed by atoms with van der Waals surface area (Å²) in [5, 5.41) is 11.2. The van der Waals surface area contributed by atoms with Crippen molar-refractivity contribution < 1.29 is 14.7 Å². The Morgan fingerprint density at radius 2 is 1.82 bits per heavy atom. The van der Waals surface area contributed by atoms with E-state index in [1.165, 1.54) is 12.1 Å². The molecule has 4 N–H and O–H groups in total. The van der Waals surface area contributed by atoms with Gasteiger partial charge in [0.1, 0.15) is 0 Å². The number of carbonyl (C=O) groups excluding carboxylic acids is 1. The maximum Gasteiger partial charge on any atom is 0.305 e. The van der Waals surface area contributed by atoms with E-state index in [1.54, 1.807) is 0 Å². The quantitative estimate of drug-likeness (QED) is 0.731. The van der Waals surface area contributed by atoms with Gasteiger partial charge in [-0.25, -0.2) is 0 Å². The summed E-state index contributed by atoms with van der Waals surface area (Å²) < 4.78 is 0. The molecule has 0 aliphatic rings. The first-order chi connectivity index (χ1) is 7.91. The van der Waals surface area contributed by atoms with Crippen LogP contribution >= 0.6 is 23.2 Å². The van der Waals surface area contributed by atoms with E-state index in [1.807, 2.05) is 0 Å². The van der Waals surface area contributed by atoms with Crippen molar-refractivity contribution in [3.05, 3.63) is 27.7 Å². The minimum atomic E-state index is -0.987. The third kappa shape index (κ3) is 3.80. The van der Waals surface area contributed by atoms with Gasteiger partial charge in [-0.05, 0) is 12.1 Å². The summed E-state index contributed by atoms with van der Waals surface area (Å²) in [6, 6.07) is 2.75. The molecule has 0 aliphatic carbocycles. The van der Waals surface area contributed by atoms with Gasteiger partial charge < -0.3 is 16.2 Å². The highest BCUT2D eigenvalue weighted by molar-refractivity contribution is 6.39. The van der Waals surface area contributed by atoms with E-state index in [4.69, 9.17) is 34.0 Å². The number of carboxylic acids is 1. The standard InChI is InChI=1S/C10H10Cl2N2O3/c11-6-3-5(4-7(12)9(6)13)10(17)14-2-1-8(15)16/h3-4H,1-2,13H2,(H,14,17)(H,15,16). The number of benzene rings is 1.